The van der Waals surface area contributed by atoms with Crippen molar-refractivity contribution in [1.29, 1.82) is 0 Å². The van der Waals surface area contributed by atoms with Crippen LogP contribution in [-0.4, -0.2) is 29.0 Å². The molecule has 104 valence electrons. The predicted molar refractivity (Wildman–Crippen MR) is 72.0 cm³/mol. The second-order valence-electron chi connectivity index (χ2n) is 4.28. The molecule has 1 aromatic carbocycles. The number of aromatic amines is 1. The van der Waals surface area contributed by atoms with E-state index in [-0.39, 0.29) is 5.82 Å². The summed E-state index contributed by atoms with van der Waals surface area (Å²) in [7, 11) is 1.28. The SMILES string of the molecule is COC(=O)[C@H](NC(=O)c1ncc[nH]1)c1cccc(C)c1. The van der Waals surface area contributed by atoms with E-state index in [1.165, 1.54) is 19.5 Å². The molecule has 2 rings (SSSR count). The van der Waals surface area contributed by atoms with E-state index in [0.717, 1.165) is 5.56 Å². The maximum absolute atomic E-state index is 12.0. The number of methoxy groups -OCH3 is 1. The first kappa shape index (κ1) is 13.8. The Hall–Kier alpha value is -2.63. The summed E-state index contributed by atoms with van der Waals surface area (Å²) in [6.07, 6.45) is 3.00. The topological polar surface area (TPSA) is 84.1 Å². The van der Waals surface area contributed by atoms with E-state index >= 15 is 0 Å². The van der Waals surface area contributed by atoms with Crippen molar-refractivity contribution >= 4 is 11.9 Å². The zero-order valence-corrected chi connectivity index (χ0v) is 11.2. The van der Waals surface area contributed by atoms with Gasteiger partial charge in [-0.15, -0.1) is 0 Å². The van der Waals surface area contributed by atoms with Crippen molar-refractivity contribution in [3.8, 4) is 0 Å². The average Bonchev–Trinajstić information content (AvgIpc) is 2.98. The molecular weight excluding hydrogens is 258 g/mol. The van der Waals surface area contributed by atoms with Crippen molar-refractivity contribution < 1.29 is 14.3 Å². The third kappa shape index (κ3) is 3.03. The molecule has 0 aliphatic carbocycles. The second-order valence-corrected chi connectivity index (χ2v) is 4.28. The Bertz CT molecular complexity index is 608. The molecule has 0 aliphatic rings. The Morgan fingerprint density at radius 3 is 2.80 bits per heavy atom. The highest BCUT2D eigenvalue weighted by molar-refractivity contribution is 5.94. The molecule has 2 N–H and O–H groups in total. The number of rotatable bonds is 4. The summed E-state index contributed by atoms with van der Waals surface area (Å²) in [6.45, 7) is 1.91. The Kier molecular flexibility index (Phi) is 4.14. The number of hydrogen-bond acceptors (Lipinski definition) is 4. The molecule has 0 fully saturated rings. The zero-order valence-electron chi connectivity index (χ0n) is 11.2. The van der Waals surface area contributed by atoms with E-state index in [9.17, 15) is 9.59 Å². The number of imidazole rings is 1. The molecule has 2 aromatic rings. The van der Waals surface area contributed by atoms with Crippen LogP contribution in [0.3, 0.4) is 0 Å². The molecule has 0 bridgehead atoms. The zero-order chi connectivity index (χ0) is 14.5. The van der Waals surface area contributed by atoms with Gasteiger partial charge in [0.1, 0.15) is 0 Å². The highest BCUT2D eigenvalue weighted by atomic mass is 16.5. The number of H-pyrrole nitrogens is 1. The van der Waals surface area contributed by atoms with Crippen LogP contribution in [0.15, 0.2) is 36.7 Å². The fourth-order valence-corrected chi connectivity index (χ4v) is 1.83. The first-order valence-electron chi connectivity index (χ1n) is 6.06. The van der Waals surface area contributed by atoms with Gasteiger partial charge in [0.15, 0.2) is 11.9 Å². The molecule has 1 aromatic heterocycles. The summed E-state index contributed by atoms with van der Waals surface area (Å²) < 4.78 is 4.74. The van der Waals surface area contributed by atoms with Crippen molar-refractivity contribution in [2.24, 2.45) is 0 Å². The fourth-order valence-electron chi connectivity index (χ4n) is 1.83. The molecule has 6 heteroatoms. The maximum Gasteiger partial charge on any atom is 0.333 e. The standard InChI is InChI=1S/C14H15N3O3/c1-9-4-3-5-10(8-9)11(14(19)20-2)17-13(18)12-15-6-7-16-12/h3-8,11H,1-2H3,(H,15,16)(H,17,18)/t11-/m1/s1. The Morgan fingerprint density at radius 1 is 1.40 bits per heavy atom. The number of hydrogen-bond donors (Lipinski definition) is 2. The predicted octanol–water partition coefficient (Wildman–Crippen LogP) is 1.36. The van der Waals surface area contributed by atoms with Gasteiger partial charge in [-0.25, -0.2) is 9.78 Å². The van der Waals surface area contributed by atoms with Crippen LogP contribution in [0.4, 0.5) is 0 Å². The Labute approximate surface area is 116 Å². The third-order valence-electron chi connectivity index (χ3n) is 2.80. The fraction of sp³-hybridized carbons (Fsp3) is 0.214. The van der Waals surface area contributed by atoms with Gasteiger partial charge in [-0.05, 0) is 12.5 Å². The number of aryl methyl sites for hydroxylation is 1. The molecular formula is C14H15N3O3. The van der Waals surface area contributed by atoms with Gasteiger partial charge in [0.25, 0.3) is 5.91 Å². The number of esters is 1. The lowest BCUT2D eigenvalue weighted by molar-refractivity contribution is -0.143. The summed E-state index contributed by atoms with van der Waals surface area (Å²) >= 11 is 0. The first-order valence-corrected chi connectivity index (χ1v) is 6.06. The van der Waals surface area contributed by atoms with Crippen molar-refractivity contribution in [2.45, 2.75) is 13.0 Å². The number of carbonyl (C=O) groups excluding carboxylic acids is 2. The number of ether oxygens (including phenoxy) is 1. The van der Waals surface area contributed by atoms with Gasteiger partial charge >= 0.3 is 5.97 Å². The normalized spacial score (nSPS) is 11.7. The molecule has 6 nitrogen and oxygen atoms in total. The molecule has 20 heavy (non-hydrogen) atoms. The van der Waals surface area contributed by atoms with Gasteiger partial charge in [0, 0.05) is 12.4 Å². The van der Waals surface area contributed by atoms with Crippen molar-refractivity contribution in [1.82, 2.24) is 15.3 Å². The van der Waals surface area contributed by atoms with Gasteiger partial charge < -0.3 is 15.0 Å². The quantitative estimate of drug-likeness (QED) is 0.824. The van der Waals surface area contributed by atoms with Crippen LogP contribution < -0.4 is 5.32 Å². The molecule has 0 unspecified atom stereocenters. The number of nitrogens with zero attached hydrogens (tertiary/aromatic N) is 1. The van der Waals surface area contributed by atoms with Crippen molar-refractivity contribution in [3.05, 3.63) is 53.6 Å². The summed E-state index contributed by atoms with van der Waals surface area (Å²) in [5.41, 5.74) is 1.65. The largest absolute Gasteiger partial charge is 0.467 e. The number of amides is 1. The molecule has 1 atom stereocenters. The lowest BCUT2D eigenvalue weighted by Gasteiger charge is -2.16. The van der Waals surface area contributed by atoms with E-state index in [2.05, 4.69) is 15.3 Å². The van der Waals surface area contributed by atoms with Gasteiger partial charge in [-0.1, -0.05) is 29.8 Å². The smallest absolute Gasteiger partial charge is 0.333 e. The van der Waals surface area contributed by atoms with E-state index in [4.69, 9.17) is 4.74 Å². The molecule has 1 heterocycles. The highest BCUT2D eigenvalue weighted by Gasteiger charge is 2.24. The van der Waals surface area contributed by atoms with Gasteiger partial charge in [-0.3, -0.25) is 4.79 Å². The second kappa shape index (κ2) is 6.01. The molecule has 1 amide bonds. The number of carbonyl (C=O) groups is 2. The lowest BCUT2D eigenvalue weighted by atomic mass is 10.0. The van der Waals surface area contributed by atoms with E-state index in [0.29, 0.717) is 5.56 Å². The number of benzene rings is 1. The van der Waals surface area contributed by atoms with Crippen molar-refractivity contribution in [2.75, 3.05) is 7.11 Å². The molecule has 0 saturated carbocycles. The van der Waals surface area contributed by atoms with Crippen LogP contribution >= 0.6 is 0 Å². The van der Waals surface area contributed by atoms with Crippen LogP contribution in [0.1, 0.15) is 27.8 Å². The molecule has 0 saturated heterocycles. The minimum Gasteiger partial charge on any atom is -0.467 e. The molecule has 0 radical (unpaired) electrons. The summed E-state index contributed by atoms with van der Waals surface area (Å²) in [5, 5.41) is 2.61. The van der Waals surface area contributed by atoms with E-state index < -0.39 is 17.9 Å². The van der Waals surface area contributed by atoms with Crippen LogP contribution in [-0.2, 0) is 9.53 Å². The third-order valence-corrected chi connectivity index (χ3v) is 2.80. The highest BCUT2D eigenvalue weighted by Crippen LogP contribution is 2.16. The lowest BCUT2D eigenvalue weighted by Crippen LogP contribution is -2.35. The summed E-state index contributed by atoms with van der Waals surface area (Å²) in [4.78, 5) is 30.4. The van der Waals surface area contributed by atoms with Gasteiger partial charge in [-0.2, -0.15) is 0 Å². The summed E-state index contributed by atoms with van der Waals surface area (Å²) in [5.74, 6) is -0.853. The molecule has 0 spiro atoms. The maximum atomic E-state index is 12.0. The van der Waals surface area contributed by atoms with Crippen LogP contribution in [0, 0.1) is 6.92 Å². The summed E-state index contributed by atoms with van der Waals surface area (Å²) in [6, 6.07) is 6.45. The average molecular weight is 273 g/mol. The van der Waals surface area contributed by atoms with E-state index in [1.54, 1.807) is 6.07 Å². The monoisotopic (exact) mass is 273 g/mol. The van der Waals surface area contributed by atoms with Gasteiger partial charge in [0.05, 0.1) is 7.11 Å². The number of aromatic nitrogens is 2. The first-order chi connectivity index (χ1) is 9.61. The van der Waals surface area contributed by atoms with E-state index in [1.807, 2.05) is 25.1 Å². The minimum atomic E-state index is -0.863. The van der Waals surface area contributed by atoms with Crippen molar-refractivity contribution in [3.63, 3.8) is 0 Å². The van der Waals surface area contributed by atoms with Crippen LogP contribution in [0.2, 0.25) is 0 Å². The van der Waals surface area contributed by atoms with Crippen LogP contribution in [0.25, 0.3) is 0 Å². The Morgan fingerprint density at radius 2 is 2.20 bits per heavy atom. The number of nitrogens with one attached hydrogen (secondary N) is 2. The van der Waals surface area contributed by atoms with Crippen LogP contribution in [0.5, 0.6) is 0 Å². The van der Waals surface area contributed by atoms with Gasteiger partial charge in [0.2, 0.25) is 0 Å². The molecule has 0 aliphatic heterocycles. The minimum absolute atomic E-state index is 0.145. The Balaban J connectivity index is 2.25.